The van der Waals surface area contributed by atoms with E-state index in [-0.39, 0.29) is 0 Å². The molecule has 4 nitrogen and oxygen atoms in total. The molecule has 2 aromatic carbocycles. The molecule has 22 heavy (non-hydrogen) atoms. The van der Waals surface area contributed by atoms with E-state index in [4.69, 9.17) is 10.2 Å². The average Bonchev–Trinajstić information content (AvgIpc) is 2.44. The maximum atomic E-state index is 13.7. The molecule has 0 atom stereocenters. The van der Waals surface area contributed by atoms with Gasteiger partial charge in [0.05, 0.1) is 10.9 Å². The molecular weight excluding hydrogens is 322 g/mol. The lowest BCUT2D eigenvalue weighted by Crippen LogP contribution is -2.16. The molecule has 0 aliphatic rings. The van der Waals surface area contributed by atoms with Crippen molar-refractivity contribution < 1.29 is 46.1 Å². The van der Waals surface area contributed by atoms with E-state index < -0.39 is 68.7 Å². The van der Waals surface area contributed by atoms with Gasteiger partial charge in [-0.2, -0.15) is 0 Å². The molecule has 0 saturated heterocycles. The van der Waals surface area contributed by atoms with E-state index in [0.29, 0.717) is 0 Å². The molecule has 0 aromatic heterocycles. The topological polar surface area (TPSA) is 74.6 Å². The fourth-order valence-corrected chi connectivity index (χ4v) is 1.94. The first-order valence-electron chi connectivity index (χ1n) is 5.24. The summed E-state index contributed by atoms with van der Waals surface area (Å²) in [7, 11) is 0. The van der Waals surface area contributed by atoms with Gasteiger partial charge in [0.1, 0.15) is 5.56 Å². The lowest BCUT2D eigenvalue weighted by Gasteiger charge is -2.12. The first kappa shape index (κ1) is 15.6. The molecule has 0 aliphatic carbocycles. The third-order valence-corrected chi connectivity index (χ3v) is 2.83. The maximum Gasteiger partial charge on any atom is 0.339 e. The van der Waals surface area contributed by atoms with Crippen LogP contribution in [0.2, 0.25) is 0 Å². The molecule has 0 saturated carbocycles. The predicted molar refractivity (Wildman–Crippen MR) is 57.6 cm³/mol. The number of carbonyl (C=O) groups is 2. The molecule has 2 aromatic rings. The summed E-state index contributed by atoms with van der Waals surface area (Å²) in [6, 6.07) is 0. The van der Waals surface area contributed by atoms with E-state index in [0.717, 1.165) is 0 Å². The number of halogens is 6. The number of fused-ring (bicyclic) bond motifs is 1. The number of benzene rings is 2. The van der Waals surface area contributed by atoms with Crippen molar-refractivity contribution >= 4 is 22.7 Å². The van der Waals surface area contributed by atoms with Crippen LogP contribution in [0.1, 0.15) is 20.7 Å². The number of carboxylic acid groups (broad SMARTS) is 2. The van der Waals surface area contributed by atoms with Crippen LogP contribution in [0.3, 0.4) is 0 Å². The van der Waals surface area contributed by atoms with Crippen LogP contribution in [0.4, 0.5) is 26.3 Å². The third-order valence-electron chi connectivity index (χ3n) is 2.83. The van der Waals surface area contributed by atoms with Gasteiger partial charge >= 0.3 is 11.9 Å². The lowest BCUT2D eigenvalue weighted by molar-refractivity contribution is 0.0647. The van der Waals surface area contributed by atoms with Gasteiger partial charge < -0.3 is 10.2 Å². The van der Waals surface area contributed by atoms with Gasteiger partial charge in [0.2, 0.25) is 0 Å². The van der Waals surface area contributed by atoms with Gasteiger partial charge in [-0.3, -0.25) is 0 Å². The van der Waals surface area contributed by atoms with Crippen LogP contribution in [0, 0.1) is 34.9 Å². The average molecular weight is 324 g/mol. The number of carboxylic acids is 2. The Morgan fingerprint density at radius 1 is 0.545 bits per heavy atom. The van der Waals surface area contributed by atoms with E-state index in [1.165, 1.54) is 0 Å². The molecule has 0 bridgehead atoms. The van der Waals surface area contributed by atoms with Crippen molar-refractivity contribution in [3.63, 3.8) is 0 Å². The summed E-state index contributed by atoms with van der Waals surface area (Å²) >= 11 is 0. The molecule has 2 rings (SSSR count). The van der Waals surface area contributed by atoms with Crippen molar-refractivity contribution in [2.45, 2.75) is 0 Å². The van der Waals surface area contributed by atoms with Crippen molar-refractivity contribution in [1.82, 2.24) is 0 Å². The normalized spacial score (nSPS) is 11.0. The summed E-state index contributed by atoms with van der Waals surface area (Å²) in [6.07, 6.45) is 0. The number of hydrogen-bond acceptors (Lipinski definition) is 2. The van der Waals surface area contributed by atoms with Crippen LogP contribution in [-0.4, -0.2) is 22.2 Å². The molecule has 0 unspecified atom stereocenters. The van der Waals surface area contributed by atoms with Crippen LogP contribution >= 0.6 is 0 Å². The summed E-state index contributed by atoms with van der Waals surface area (Å²) < 4.78 is 80.8. The zero-order chi connectivity index (χ0) is 16.9. The second-order valence-electron chi connectivity index (χ2n) is 3.99. The van der Waals surface area contributed by atoms with Gasteiger partial charge in [0.15, 0.2) is 34.9 Å². The second-order valence-corrected chi connectivity index (χ2v) is 3.99. The summed E-state index contributed by atoms with van der Waals surface area (Å²) in [5.41, 5.74) is -3.58. The van der Waals surface area contributed by atoms with Gasteiger partial charge in [-0.05, 0) is 0 Å². The minimum atomic E-state index is -2.50. The largest absolute Gasteiger partial charge is 0.478 e. The van der Waals surface area contributed by atoms with Gasteiger partial charge in [-0.25, -0.2) is 35.9 Å². The predicted octanol–water partition coefficient (Wildman–Crippen LogP) is 3.07. The molecule has 0 heterocycles. The number of hydrogen-bond donors (Lipinski definition) is 2. The SMILES string of the molecule is O=C(O)c1c(F)c(F)c2c(F)c(F)c(F)c(F)c2c1C(=O)O. The quantitative estimate of drug-likeness (QED) is 0.506. The van der Waals surface area contributed by atoms with Crippen LogP contribution in [-0.2, 0) is 0 Å². The second kappa shape index (κ2) is 4.90. The summed E-state index contributed by atoms with van der Waals surface area (Å²) in [6.45, 7) is 0. The molecular formula is C12H2F6O4. The molecule has 0 aliphatic heterocycles. The summed E-state index contributed by atoms with van der Waals surface area (Å²) in [5.74, 6) is -19.0. The molecule has 10 heteroatoms. The van der Waals surface area contributed by atoms with Crippen molar-refractivity contribution in [3.05, 3.63) is 46.0 Å². The Labute approximate surface area is 116 Å². The highest BCUT2D eigenvalue weighted by atomic mass is 19.2. The smallest absolute Gasteiger partial charge is 0.339 e. The van der Waals surface area contributed by atoms with E-state index in [1.54, 1.807) is 0 Å². The Kier molecular flexibility index (Phi) is 3.47. The van der Waals surface area contributed by atoms with Crippen LogP contribution in [0.25, 0.3) is 10.8 Å². The molecule has 0 radical (unpaired) electrons. The Morgan fingerprint density at radius 3 is 1.32 bits per heavy atom. The molecule has 116 valence electrons. The fraction of sp³-hybridized carbons (Fsp3) is 0. The van der Waals surface area contributed by atoms with E-state index in [9.17, 15) is 35.9 Å². The molecule has 0 spiro atoms. The van der Waals surface area contributed by atoms with Gasteiger partial charge in [-0.1, -0.05) is 0 Å². The highest BCUT2D eigenvalue weighted by Crippen LogP contribution is 2.35. The first-order valence-corrected chi connectivity index (χ1v) is 5.24. The summed E-state index contributed by atoms with van der Waals surface area (Å²) in [4.78, 5) is 21.8. The minimum absolute atomic E-state index is 1.72. The van der Waals surface area contributed by atoms with Crippen LogP contribution in [0.15, 0.2) is 0 Å². The van der Waals surface area contributed by atoms with Crippen molar-refractivity contribution in [2.24, 2.45) is 0 Å². The van der Waals surface area contributed by atoms with Crippen LogP contribution < -0.4 is 0 Å². The highest BCUT2D eigenvalue weighted by Gasteiger charge is 2.34. The molecule has 2 N–H and O–H groups in total. The maximum absolute atomic E-state index is 13.7. The fourth-order valence-electron chi connectivity index (χ4n) is 1.94. The Balaban J connectivity index is 3.31. The number of aromatic carboxylic acids is 2. The van der Waals surface area contributed by atoms with Crippen molar-refractivity contribution in [2.75, 3.05) is 0 Å². The van der Waals surface area contributed by atoms with Gasteiger partial charge in [0, 0.05) is 5.39 Å². The third kappa shape index (κ3) is 1.87. The Morgan fingerprint density at radius 2 is 0.909 bits per heavy atom. The van der Waals surface area contributed by atoms with Crippen molar-refractivity contribution in [1.29, 1.82) is 0 Å². The number of rotatable bonds is 2. The Hall–Kier alpha value is -2.78. The highest BCUT2D eigenvalue weighted by molar-refractivity contribution is 6.12. The standard InChI is InChI=1S/C12H2F6O4/c13-5-1-2(11(19)20)4(12(21)22)8(16)6(14)3(1)7(15)10(18)9(5)17/h(H,19,20)(H,21,22). The van der Waals surface area contributed by atoms with E-state index >= 15 is 0 Å². The Bertz CT molecular complexity index is 861. The van der Waals surface area contributed by atoms with Gasteiger partial charge in [-0.15, -0.1) is 0 Å². The van der Waals surface area contributed by atoms with E-state index in [1.807, 2.05) is 0 Å². The zero-order valence-electron chi connectivity index (χ0n) is 9.98. The monoisotopic (exact) mass is 324 g/mol. The van der Waals surface area contributed by atoms with Crippen LogP contribution in [0.5, 0.6) is 0 Å². The summed E-state index contributed by atoms with van der Waals surface area (Å²) in [5, 5.41) is 14.0. The van der Waals surface area contributed by atoms with Crippen molar-refractivity contribution in [3.8, 4) is 0 Å². The lowest BCUT2D eigenvalue weighted by atomic mass is 9.96. The minimum Gasteiger partial charge on any atom is -0.478 e. The molecule has 0 fully saturated rings. The first-order chi connectivity index (χ1) is 10.1. The van der Waals surface area contributed by atoms with E-state index in [2.05, 4.69) is 0 Å². The van der Waals surface area contributed by atoms with Gasteiger partial charge in [0.25, 0.3) is 0 Å². The molecule has 0 amide bonds. The zero-order valence-corrected chi connectivity index (χ0v) is 9.98.